The van der Waals surface area contributed by atoms with E-state index in [-0.39, 0.29) is 31.1 Å². The third-order valence-corrected chi connectivity index (χ3v) is 12.5. The fourth-order valence-electron chi connectivity index (χ4n) is 8.39. The summed E-state index contributed by atoms with van der Waals surface area (Å²) in [4.78, 5) is 38.0. The van der Waals surface area contributed by atoms with Gasteiger partial charge in [0, 0.05) is 19.3 Å². The molecule has 1 atom stereocenters. The van der Waals surface area contributed by atoms with Gasteiger partial charge in [-0.05, 0) is 25.2 Å². The van der Waals surface area contributed by atoms with Gasteiger partial charge >= 0.3 is 17.9 Å². The first kappa shape index (κ1) is 59.4. The lowest BCUT2D eigenvalue weighted by molar-refractivity contribution is -0.167. The van der Waals surface area contributed by atoms with Crippen molar-refractivity contribution in [1.29, 1.82) is 0 Å². The smallest absolute Gasteiger partial charge is 0.306 e. The van der Waals surface area contributed by atoms with Crippen LogP contribution in [0.25, 0.3) is 0 Å². The van der Waals surface area contributed by atoms with Crippen LogP contribution >= 0.6 is 0 Å². The summed E-state index contributed by atoms with van der Waals surface area (Å²) in [6, 6.07) is 0. The van der Waals surface area contributed by atoms with Crippen molar-refractivity contribution in [3.8, 4) is 0 Å². The second kappa shape index (κ2) is 49.4. The zero-order chi connectivity index (χ0) is 44.5. The number of ether oxygens (including phenoxy) is 3. The van der Waals surface area contributed by atoms with Gasteiger partial charge in [0.05, 0.1) is 0 Å². The van der Waals surface area contributed by atoms with Crippen LogP contribution in [-0.2, 0) is 28.6 Å². The van der Waals surface area contributed by atoms with Gasteiger partial charge in [-0.1, -0.05) is 272 Å². The molecule has 0 unspecified atom stereocenters. The Labute approximate surface area is 380 Å². The molecule has 0 fully saturated rings. The fourth-order valence-corrected chi connectivity index (χ4v) is 8.39. The van der Waals surface area contributed by atoms with Crippen molar-refractivity contribution in [2.24, 2.45) is 5.92 Å². The molecule has 0 amide bonds. The van der Waals surface area contributed by atoms with E-state index in [2.05, 4.69) is 27.7 Å². The normalized spacial score (nSPS) is 12.0. The van der Waals surface area contributed by atoms with E-state index in [4.69, 9.17) is 14.2 Å². The lowest BCUT2D eigenvalue weighted by Gasteiger charge is -2.18. The van der Waals surface area contributed by atoms with Crippen LogP contribution in [0.3, 0.4) is 0 Å². The average molecular weight is 863 g/mol. The van der Waals surface area contributed by atoms with E-state index < -0.39 is 6.10 Å². The monoisotopic (exact) mass is 863 g/mol. The van der Waals surface area contributed by atoms with Crippen molar-refractivity contribution in [2.45, 2.75) is 316 Å². The van der Waals surface area contributed by atoms with Crippen LogP contribution in [0.1, 0.15) is 310 Å². The maximum absolute atomic E-state index is 12.8. The molecule has 0 N–H and O–H groups in total. The summed E-state index contributed by atoms with van der Waals surface area (Å²) in [5.74, 6) is -0.00580. The van der Waals surface area contributed by atoms with Crippen LogP contribution in [0.15, 0.2) is 0 Å². The summed E-state index contributed by atoms with van der Waals surface area (Å²) < 4.78 is 16.8. The molecule has 0 saturated heterocycles. The zero-order valence-corrected chi connectivity index (χ0v) is 41.6. The van der Waals surface area contributed by atoms with E-state index in [1.807, 2.05) is 0 Å². The Hall–Kier alpha value is -1.59. The molecule has 0 aliphatic carbocycles. The molecule has 0 heterocycles. The molecule has 0 rings (SSSR count). The second-order valence-electron chi connectivity index (χ2n) is 19.3. The minimum atomic E-state index is -0.761. The van der Waals surface area contributed by atoms with Crippen molar-refractivity contribution >= 4 is 17.9 Å². The Bertz CT molecular complexity index is 918. The minimum absolute atomic E-state index is 0.0623. The molecule has 0 aliphatic rings. The predicted octanol–water partition coefficient (Wildman–Crippen LogP) is 17.8. The molecule has 0 spiro atoms. The molecule has 6 heteroatoms. The van der Waals surface area contributed by atoms with Crippen LogP contribution in [0.5, 0.6) is 0 Å². The Kier molecular flexibility index (Phi) is 48.1. The standard InChI is InChI=1S/C55H106O6/c1-5-7-9-11-13-15-17-19-20-21-22-28-32-36-40-44-48-55(58)61-52(49-59-53(56)46-42-38-34-30-26-18-16-14-12-10-8-6-2)50-60-54(57)47-43-39-35-31-27-24-23-25-29-33-37-41-45-51(3)4/h51-52H,5-50H2,1-4H3/t52-/m0/s1. The van der Waals surface area contributed by atoms with Crippen molar-refractivity contribution < 1.29 is 28.6 Å². The first-order valence-electron chi connectivity index (χ1n) is 27.4. The van der Waals surface area contributed by atoms with Gasteiger partial charge in [0.2, 0.25) is 0 Å². The molecule has 0 aromatic carbocycles. The maximum Gasteiger partial charge on any atom is 0.306 e. The van der Waals surface area contributed by atoms with E-state index >= 15 is 0 Å². The van der Waals surface area contributed by atoms with Gasteiger partial charge in [0.1, 0.15) is 13.2 Å². The topological polar surface area (TPSA) is 78.9 Å². The van der Waals surface area contributed by atoms with Crippen LogP contribution in [0.4, 0.5) is 0 Å². The highest BCUT2D eigenvalue weighted by molar-refractivity contribution is 5.71. The summed E-state index contributed by atoms with van der Waals surface area (Å²) in [7, 11) is 0. The van der Waals surface area contributed by atoms with Gasteiger partial charge in [-0.15, -0.1) is 0 Å². The third-order valence-electron chi connectivity index (χ3n) is 12.5. The highest BCUT2D eigenvalue weighted by Crippen LogP contribution is 2.17. The lowest BCUT2D eigenvalue weighted by Crippen LogP contribution is -2.30. The first-order chi connectivity index (χ1) is 29.9. The predicted molar refractivity (Wildman–Crippen MR) is 261 cm³/mol. The van der Waals surface area contributed by atoms with Gasteiger partial charge in [-0.2, -0.15) is 0 Å². The number of hydrogen-bond donors (Lipinski definition) is 0. The van der Waals surface area contributed by atoms with E-state index in [0.29, 0.717) is 19.3 Å². The summed E-state index contributed by atoms with van der Waals surface area (Å²) in [5.41, 5.74) is 0. The largest absolute Gasteiger partial charge is 0.462 e. The highest BCUT2D eigenvalue weighted by atomic mass is 16.6. The Morgan fingerprint density at radius 2 is 0.541 bits per heavy atom. The van der Waals surface area contributed by atoms with Crippen LogP contribution in [0.2, 0.25) is 0 Å². The molecular weight excluding hydrogens is 757 g/mol. The molecule has 0 aromatic rings. The Morgan fingerprint density at radius 3 is 0.803 bits per heavy atom. The summed E-state index contributed by atoms with van der Waals surface area (Å²) in [5, 5.41) is 0. The average Bonchev–Trinajstić information content (AvgIpc) is 3.24. The van der Waals surface area contributed by atoms with Crippen LogP contribution < -0.4 is 0 Å². The van der Waals surface area contributed by atoms with Crippen LogP contribution in [0, 0.1) is 5.92 Å². The highest BCUT2D eigenvalue weighted by Gasteiger charge is 2.19. The Morgan fingerprint density at radius 1 is 0.311 bits per heavy atom. The first-order valence-corrected chi connectivity index (χ1v) is 27.4. The van der Waals surface area contributed by atoms with E-state index in [1.165, 1.54) is 205 Å². The number of carbonyl (C=O) groups excluding carboxylic acids is 3. The lowest BCUT2D eigenvalue weighted by atomic mass is 10.0. The molecule has 0 aliphatic heterocycles. The van der Waals surface area contributed by atoms with Crippen molar-refractivity contribution in [1.82, 2.24) is 0 Å². The number of hydrogen-bond acceptors (Lipinski definition) is 6. The molecule has 61 heavy (non-hydrogen) atoms. The van der Waals surface area contributed by atoms with Crippen molar-refractivity contribution in [2.75, 3.05) is 13.2 Å². The van der Waals surface area contributed by atoms with Gasteiger partial charge in [0.15, 0.2) is 6.10 Å². The maximum atomic E-state index is 12.8. The molecule has 0 saturated carbocycles. The fraction of sp³-hybridized carbons (Fsp3) is 0.945. The van der Waals surface area contributed by atoms with Crippen molar-refractivity contribution in [3.63, 3.8) is 0 Å². The Balaban J connectivity index is 4.30. The minimum Gasteiger partial charge on any atom is -0.462 e. The van der Waals surface area contributed by atoms with Gasteiger partial charge in [-0.25, -0.2) is 0 Å². The second-order valence-corrected chi connectivity index (χ2v) is 19.3. The quantitative estimate of drug-likeness (QED) is 0.0344. The summed E-state index contributed by atoms with van der Waals surface area (Å²) >= 11 is 0. The number of esters is 3. The molecule has 0 aromatic heterocycles. The van der Waals surface area contributed by atoms with Gasteiger partial charge in [0.25, 0.3) is 0 Å². The number of rotatable bonds is 50. The third kappa shape index (κ3) is 49.3. The summed E-state index contributed by atoms with van der Waals surface area (Å²) in [6.45, 7) is 9.04. The van der Waals surface area contributed by atoms with E-state index in [9.17, 15) is 14.4 Å². The summed E-state index contributed by atoms with van der Waals surface area (Å²) in [6.07, 6.45) is 52.3. The van der Waals surface area contributed by atoms with Gasteiger partial charge < -0.3 is 14.2 Å². The molecule has 362 valence electrons. The SMILES string of the molecule is CCCCCCCCCCCCCCCCCCC(=O)O[C@@H](COC(=O)CCCCCCCCCCCCCC)COC(=O)CCCCCCCCCCCCCCC(C)C. The zero-order valence-electron chi connectivity index (χ0n) is 41.6. The van der Waals surface area contributed by atoms with E-state index in [0.717, 1.165) is 63.7 Å². The molecular formula is C55H106O6. The van der Waals surface area contributed by atoms with Crippen LogP contribution in [-0.4, -0.2) is 37.2 Å². The van der Waals surface area contributed by atoms with Crippen molar-refractivity contribution in [3.05, 3.63) is 0 Å². The number of unbranched alkanes of at least 4 members (excludes halogenated alkanes) is 37. The molecule has 0 radical (unpaired) electrons. The number of carbonyl (C=O) groups is 3. The molecule has 0 bridgehead atoms. The van der Waals surface area contributed by atoms with Gasteiger partial charge in [-0.3, -0.25) is 14.4 Å². The van der Waals surface area contributed by atoms with E-state index in [1.54, 1.807) is 0 Å². The molecule has 6 nitrogen and oxygen atoms in total.